The van der Waals surface area contributed by atoms with Crippen LogP contribution in [-0.4, -0.2) is 37.2 Å². The van der Waals surface area contributed by atoms with Gasteiger partial charge in [-0.2, -0.15) is 0 Å². The smallest absolute Gasteiger partial charge is 0.306 e. The van der Waals surface area contributed by atoms with Crippen LogP contribution in [0.25, 0.3) is 0 Å². The Morgan fingerprint density at radius 1 is 0.284 bits per heavy atom. The Labute approximate surface area is 455 Å². The maximum atomic E-state index is 12.9. The lowest BCUT2D eigenvalue weighted by Crippen LogP contribution is -2.30. The predicted octanol–water partition coefficient (Wildman–Crippen LogP) is 20.4. The van der Waals surface area contributed by atoms with Crippen molar-refractivity contribution in [1.29, 1.82) is 0 Å². The summed E-state index contributed by atoms with van der Waals surface area (Å²) < 4.78 is 16.8. The van der Waals surface area contributed by atoms with Crippen molar-refractivity contribution in [1.82, 2.24) is 0 Å². The van der Waals surface area contributed by atoms with Gasteiger partial charge in [-0.05, 0) is 128 Å². The second-order valence-electron chi connectivity index (χ2n) is 19.1. The largest absolute Gasteiger partial charge is 0.462 e. The molecule has 0 radical (unpaired) electrons. The molecule has 0 aromatic carbocycles. The molecule has 0 aliphatic heterocycles. The maximum absolute atomic E-state index is 12.9. The molecular weight excluding hydrogens is 913 g/mol. The standard InChI is InChI=1S/C68H108O6/c1-4-7-10-13-16-19-22-25-27-29-30-31-32-33-34-35-36-37-38-39-41-43-46-49-52-55-58-61-67(70)73-64-65(63-72-66(69)60-57-54-51-48-45-42-24-21-18-15-12-9-6-3)74-68(71)62-59-56-53-50-47-44-40-28-26-23-20-17-14-11-8-5-2/h7,9-10,12,16,18-19,21,25,27-28,30-31,33-34,36-37,39-42,45,51,54,65H,4-6,8,11,13-15,17,20,22-24,26,29,32,35,38,43-44,46-50,52-53,55-64H2,1-3H3/b10-7-,12-9-,19-16-,21-18-,27-25-,31-30-,34-33-,37-36-,40-28-,41-39-,45-42-,54-51-. The zero-order valence-electron chi connectivity index (χ0n) is 47.5. The highest BCUT2D eigenvalue weighted by Crippen LogP contribution is 2.13. The first kappa shape index (κ1) is 69.3. The van der Waals surface area contributed by atoms with E-state index in [1.54, 1.807) is 0 Å². The lowest BCUT2D eigenvalue weighted by Gasteiger charge is -2.18. The lowest BCUT2D eigenvalue weighted by molar-refractivity contribution is -0.166. The average Bonchev–Trinajstić information content (AvgIpc) is 3.40. The summed E-state index contributed by atoms with van der Waals surface area (Å²) in [6.07, 6.45) is 87.1. The van der Waals surface area contributed by atoms with Gasteiger partial charge in [0.25, 0.3) is 0 Å². The minimum Gasteiger partial charge on any atom is -0.462 e. The molecule has 0 rings (SSSR count). The van der Waals surface area contributed by atoms with Crippen LogP contribution in [0, 0.1) is 0 Å². The Kier molecular flexibility index (Phi) is 57.0. The summed E-state index contributed by atoms with van der Waals surface area (Å²) in [6, 6.07) is 0. The van der Waals surface area contributed by atoms with Crippen LogP contribution in [0.15, 0.2) is 146 Å². The van der Waals surface area contributed by atoms with Crippen molar-refractivity contribution >= 4 is 17.9 Å². The van der Waals surface area contributed by atoms with Gasteiger partial charge in [0, 0.05) is 19.3 Å². The van der Waals surface area contributed by atoms with Crippen LogP contribution in [0.5, 0.6) is 0 Å². The number of carbonyl (C=O) groups excluding carboxylic acids is 3. The summed E-state index contributed by atoms with van der Waals surface area (Å²) in [7, 11) is 0. The minimum atomic E-state index is -0.826. The van der Waals surface area contributed by atoms with E-state index >= 15 is 0 Å². The fourth-order valence-corrected chi connectivity index (χ4v) is 7.67. The van der Waals surface area contributed by atoms with Crippen molar-refractivity contribution in [3.63, 3.8) is 0 Å². The summed E-state index contributed by atoms with van der Waals surface area (Å²) in [6.45, 7) is 6.31. The van der Waals surface area contributed by atoms with E-state index in [9.17, 15) is 14.4 Å². The Morgan fingerprint density at radius 3 is 0.919 bits per heavy atom. The molecule has 6 heteroatoms. The van der Waals surface area contributed by atoms with Crippen LogP contribution < -0.4 is 0 Å². The number of hydrogen-bond donors (Lipinski definition) is 0. The minimum absolute atomic E-state index is 0.119. The molecule has 1 unspecified atom stereocenters. The fraction of sp³-hybridized carbons (Fsp3) is 0.603. The van der Waals surface area contributed by atoms with Crippen LogP contribution in [0.1, 0.15) is 245 Å². The van der Waals surface area contributed by atoms with Crippen LogP contribution in [0.4, 0.5) is 0 Å². The van der Waals surface area contributed by atoms with Crippen molar-refractivity contribution < 1.29 is 28.6 Å². The molecule has 6 nitrogen and oxygen atoms in total. The number of ether oxygens (including phenoxy) is 3. The van der Waals surface area contributed by atoms with Gasteiger partial charge in [-0.15, -0.1) is 0 Å². The highest BCUT2D eigenvalue weighted by Gasteiger charge is 2.19. The van der Waals surface area contributed by atoms with Gasteiger partial charge in [-0.1, -0.05) is 244 Å². The van der Waals surface area contributed by atoms with E-state index < -0.39 is 6.10 Å². The Balaban J connectivity index is 4.45. The molecule has 0 saturated carbocycles. The molecule has 1 atom stereocenters. The fourth-order valence-electron chi connectivity index (χ4n) is 7.67. The van der Waals surface area contributed by atoms with Crippen molar-refractivity contribution in [2.24, 2.45) is 0 Å². The summed E-state index contributed by atoms with van der Waals surface area (Å²) in [5.41, 5.74) is 0. The van der Waals surface area contributed by atoms with Crippen LogP contribution in [0.2, 0.25) is 0 Å². The second kappa shape index (κ2) is 60.8. The highest BCUT2D eigenvalue weighted by atomic mass is 16.6. The molecule has 0 aromatic heterocycles. The van der Waals surface area contributed by atoms with Gasteiger partial charge in [-0.3, -0.25) is 14.4 Å². The molecule has 0 aliphatic rings. The summed E-state index contributed by atoms with van der Waals surface area (Å²) >= 11 is 0. The van der Waals surface area contributed by atoms with Crippen LogP contribution >= 0.6 is 0 Å². The normalized spacial score (nSPS) is 13.2. The van der Waals surface area contributed by atoms with Crippen LogP contribution in [0.3, 0.4) is 0 Å². The Hall–Kier alpha value is -4.71. The quantitative estimate of drug-likeness (QED) is 0.0261. The van der Waals surface area contributed by atoms with E-state index in [1.807, 2.05) is 12.2 Å². The zero-order valence-corrected chi connectivity index (χ0v) is 47.5. The number of hydrogen-bond acceptors (Lipinski definition) is 6. The van der Waals surface area contributed by atoms with E-state index in [1.165, 1.54) is 57.8 Å². The molecule has 74 heavy (non-hydrogen) atoms. The molecule has 0 spiro atoms. The Morgan fingerprint density at radius 2 is 0.554 bits per heavy atom. The number of rotatable bonds is 52. The third-order valence-electron chi connectivity index (χ3n) is 12.1. The number of unbranched alkanes of at least 4 members (excludes halogenated alkanes) is 17. The number of carbonyl (C=O) groups is 3. The summed E-state index contributed by atoms with van der Waals surface area (Å²) in [5.74, 6) is -1.03. The zero-order chi connectivity index (χ0) is 53.6. The van der Waals surface area contributed by atoms with Gasteiger partial charge in [-0.25, -0.2) is 0 Å². The average molecular weight is 1020 g/mol. The topological polar surface area (TPSA) is 78.9 Å². The third-order valence-corrected chi connectivity index (χ3v) is 12.1. The van der Waals surface area contributed by atoms with Gasteiger partial charge in [0.05, 0.1) is 0 Å². The van der Waals surface area contributed by atoms with Crippen molar-refractivity contribution in [2.45, 2.75) is 252 Å². The Bertz CT molecular complexity index is 1640. The van der Waals surface area contributed by atoms with Crippen molar-refractivity contribution in [3.05, 3.63) is 146 Å². The van der Waals surface area contributed by atoms with Gasteiger partial charge in [0.2, 0.25) is 0 Å². The van der Waals surface area contributed by atoms with Crippen molar-refractivity contribution in [2.75, 3.05) is 13.2 Å². The maximum Gasteiger partial charge on any atom is 0.306 e. The molecule has 0 N–H and O–H groups in total. The molecule has 0 aliphatic carbocycles. The van der Waals surface area contributed by atoms with E-state index in [0.29, 0.717) is 19.3 Å². The molecule has 0 fully saturated rings. The third kappa shape index (κ3) is 58.2. The number of allylic oxidation sites excluding steroid dienone is 24. The van der Waals surface area contributed by atoms with Gasteiger partial charge in [0.1, 0.15) is 13.2 Å². The highest BCUT2D eigenvalue weighted by molar-refractivity contribution is 5.71. The molecule has 0 aromatic rings. The molecule has 0 heterocycles. The number of esters is 3. The first-order valence-corrected chi connectivity index (χ1v) is 29.8. The van der Waals surface area contributed by atoms with E-state index in [-0.39, 0.29) is 37.5 Å². The summed E-state index contributed by atoms with van der Waals surface area (Å²) in [5, 5.41) is 0. The van der Waals surface area contributed by atoms with Crippen LogP contribution in [-0.2, 0) is 28.6 Å². The van der Waals surface area contributed by atoms with E-state index in [4.69, 9.17) is 14.2 Å². The predicted molar refractivity (Wildman–Crippen MR) is 320 cm³/mol. The molecular formula is C68H108O6. The lowest BCUT2D eigenvalue weighted by atomic mass is 10.1. The molecule has 0 bridgehead atoms. The SMILES string of the molecule is CC/C=C\C/C=C\C/C=C\C/C=C\C/C=C\C/C=C\C/C=C\CCCCCCCC(=O)OCC(COC(=O)CC/C=C\C/C=C\C/C=C\C/C=C\CC)OC(=O)CCCCCCC/C=C\CCCCCCCCC. The molecule has 416 valence electrons. The van der Waals surface area contributed by atoms with Gasteiger partial charge < -0.3 is 14.2 Å². The van der Waals surface area contributed by atoms with Crippen molar-refractivity contribution in [3.8, 4) is 0 Å². The van der Waals surface area contributed by atoms with E-state index in [2.05, 4.69) is 154 Å². The molecule has 0 amide bonds. The second-order valence-corrected chi connectivity index (χ2v) is 19.1. The first-order valence-electron chi connectivity index (χ1n) is 29.8. The monoisotopic (exact) mass is 1020 g/mol. The first-order chi connectivity index (χ1) is 36.5. The van der Waals surface area contributed by atoms with Gasteiger partial charge in [0.15, 0.2) is 6.10 Å². The summed E-state index contributed by atoms with van der Waals surface area (Å²) in [4.78, 5) is 38.1. The van der Waals surface area contributed by atoms with Gasteiger partial charge >= 0.3 is 17.9 Å². The molecule has 0 saturated heterocycles. The van der Waals surface area contributed by atoms with E-state index in [0.717, 1.165) is 141 Å².